The first-order chi connectivity index (χ1) is 9.56. The number of benzene rings is 1. The monoisotopic (exact) mass is 290 g/mol. The van der Waals surface area contributed by atoms with Crippen molar-refractivity contribution in [3.05, 3.63) is 51.7 Å². The van der Waals surface area contributed by atoms with Crippen molar-refractivity contribution < 1.29 is 14.7 Å². The maximum absolute atomic E-state index is 11.7. The Morgan fingerprint density at radius 2 is 2.10 bits per heavy atom. The molecule has 0 aliphatic rings. The van der Waals surface area contributed by atoms with E-state index in [2.05, 4.69) is 10.6 Å². The minimum atomic E-state index is -1.01. The van der Waals surface area contributed by atoms with Crippen LogP contribution in [0.1, 0.15) is 20.8 Å². The molecule has 2 aromatic rings. The molecule has 0 aliphatic heterocycles. The highest BCUT2D eigenvalue weighted by molar-refractivity contribution is 7.09. The smallest absolute Gasteiger partial charge is 0.336 e. The van der Waals surface area contributed by atoms with E-state index in [-0.39, 0.29) is 11.6 Å². The second kappa shape index (κ2) is 6.21. The predicted octanol–water partition coefficient (Wildman–Crippen LogP) is 3.08. The molecule has 0 saturated carbocycles. The third-order valence-corrected chi connectivity index (χ3v) is 3.61. The fourth-order valence-corrected chi connectivity index (χ4v) is 2.33. The topological polar surface area (TPSA) is 78.4 Å². The molecule has 0 bridgehead atoms. The van der Waals surface area contributed by atoms with Crippen LogP contribution in [0.15, 0.2) is 35.7 Å². The summed E-state index contributed by atoms with van der Waals surface area (Å²) in [7, 11) is 0. The molecule has 0 aliphatic carbocycles. The van der Waals surface area contributed by atoms with Gasteiger partial charge in [0, 0.05) is 10.6 Å². The lowest BCUT2D eigenvalue weighted by Crippen LogP contribution is -2.27. The van der Waals surface area contributed by atoms with Gasteiger partial charge >= 0.3 is 12.0 Å². The molecule has 2 amide bonds. The fraction of sp³-hybridized carbons (Fsp3) is 0.143. The van der Waals surface area contributed by atoms with Gasteiger partial charge in [0.15, 0.2) is 0 Å². The molecular formula is C14H14N2O3S. The Bertz CT molecular complexity index is 623. The minimum Gasteiger partial charge on any atom is -0.478 e. The van der Waals surface area contributed by atoms with Crippen LogP contribution in [0.4, 0.5) is 10.5 Å². The lowest BCUT2D eigenvalue weighted by molar-refractivity contribution is 0.0696. The number of aryl methyl sites for hydroxylation is 1. The van der Waals surface area contributed by atoms with Gasteiger partial charge in [0.25, 0.3) is 0 Å². The second-order valence-electron chi connectivity index (χ2n) is 4.22. The Morgan fingerprint density at radius 3 is 2.75 bits per heavy atom. The molecule has 1 aromatic carbocycles. The van der Waals surface area contributed by atoms with E-state index in [0.29, 0.717) is 17.8 Å². The van der Waals surface area contributed by atoms with Crippen LogP contribution in [-0.2, 0) is 6.54 Å². The maximum Gasteiger partial charge on any atom is 0.336 e. The number of hydrogen-bond donors (Lipinski definition) is 3. The van der Waals surface area contributed by atoms with Gasteiger partial charge in [-0.2, -0.15) is 0 Å². The molecule has 20 heavy (non-hydrogen) atoms. The average Bonchev–Trinajstić information content (AvgIpc) is 2.91. The van der Waals surface area contributed by atoms with E-state index in [9.17, 15) is 9.59 Å². The average molecular weight is 290 g/mol. The number of anilines is 1. The molecule has 0 atom stereocenters. The third kappa shape index (κ3) is 3.58. The quantitative estimate of drug-likeness (QED) is 0.809. The van der Waals surface area contributed by atoms with Crippen LogP contribution < -0.4 is 10.6 Å². The number of carboxylic acids is 1. The lowest BCUT2D eigenvalue weighted by Gasteiger charge is -2.08. The van der Waals surface area contributed by atoms with Crippen LogP contribution in [-0.4, -0.2) is 17.1 Å². The highest BCUT2D eigenvalue weighted by Gasteiger charge is 2.09. The summed E-state index contributed by atoms with van der Waals surface area (Å²) in [6.07, 6.45) is 0. The van der Waals surface area contributed by atoms with E-state index in [1.54, 1.807) is 30.4 Å². The SMILES string of the molecule is Cc1ccc(NC(=O)NCc2cccs2)cc1C(=O)O. The highest BCUT2D eigenvalue weighted by atomic mass is 32.1. The van der Waals surface area contributed by atoms with Crippen LogP contribution >= 0.6 is 11.3 Å². The van der Waals surface area contributed by atoms with Gasteiger partial charge in [-0.25, -0.2) is 9.59 Å². The van der Waals surface area contributed by atoms with Crippen molar-refractivity contribution in [3.63, 3.8) is 0 Å². The standard InChI is InChI=1S/C14H14N2O3S/c1-9-4-5-10(7-12(9)13(17)18)16-14(19)15-8-11-3-2-6-20-11/h2-7H,8H2,1H3,(H,17,18)(H2,15,16,19). The van der Waals surface area contributed by atoms with E-state index in [0.717, 1.165) is 4.88 Å². The van der Waals surface area contributed by atoms with Crippen LogP contribution in [0.5, 0.6) is 0 Å². The number of aromatic carboxylic acids is 1. The number of nitrogens with one attached hydrogen (secondary N) is 2. The molecule has 0 unspecified atom stereocenters. The summed E-state index contributed by atoms with van der Waals surface area (Å²) in [4.78, 5) is 23.8. The zero-order valence-corrected chi connectivity index (χ0v) is 11.7. The summed E-state index contributed by atoms with van der Waals surface area (Å²) < 4.78 is 0. The summed E-state index contributed by atoms with van der Waals surface area (Å²) >= 11 is 1.56. The van der Waals surface area contributed by atoms with Gasteiger partial charge in [-0.05, 0) is 36.1 Å². The molecule has 0 fully saturated rings. The Morgan fingerprint density at radius 1 is 1.30 bits per heavy atom. The molecule has 104 valence electrons. The van der Waals surface area contributed by atoms with Crippen molar-refractivity contribution >= 4 is 29.0 Å². The molecule has 0 radical (unpaired) electrons. The van der Waals surface area contributed by atoms with Crippen LogP contribution in [0.3, 0.4) is 0 Å². The first kappa shape index (κ1) is 14.1. The van der Waals surface area contributed by atoms with Gasteiger partial charge < -0.3 is 15.7 Å². The van der Waals surface area contributed by atoms with Crippen molar-refractivity contribution in [1.82, 2.24) is 5.32 Å². The molecule has 0 saturated heterocycles. The number of thiophene rings is 1. The van der Waals surface area contributed by atoms with E-state index < -0.39 is 5.97 Å². The second-order valence-corrected chi connectivity index (χ2v) is 5.25. The van der Waals surface area contributed by atoms with Crippen molar-refractivity contribution in [2.45, 2.75) is 13.5 Å². The summed E-state index contributed by atoms with van der Waals surface area (Å²) in [6.45, 7) is 2.16. The molecule has 0 spiro atoms. The van der Waals surface area contributed by atoms with Crippen LogP contribution in [0.2, 0.25) is 0 Å². The van der Waals surface area contributed by atoms with E-state index in [4.69, 9.17) is 5.11 Å². The van der Waals surface area contributed by atoms with E-state index >= 15 is 0 Å². The van der Waals surface area contributed by atoms with Crippen molar-refractivity contribution in [1.29, 1.82) is 0 Å². The number of carbonyl (C=O) groups is 2. The van der Waals surface area contributed by atoms with Crippen LogP contribution in [0, 0.1) is 6.92 Å². The van der Waals surface area contributed by atoms with Crippen molar-refractivity contribution in [2.75, 3.05) is 5.32 Å². The van der Waals surface area contributed by atoms with Gasteiger partial charge in [0.1, 0.15) is 0 Å². The third-order valence-electron chi connectivity index (χ3n) is 2.73. The van der Waals surface area contributed by atoms with E-state index in [1.807, 2.05) is 17.5 Å². The first-order valence-electron chi connectivity index (χ1n) is 5.97. The zero-order chi connectivity index (χ0) is 14.5. The number of urea groups is 1. The normalized spacial score (nSPS) is 10.1. The number of carboxylic acid groups (broad SMARTS) is 1. The van der Waals surface area contributed by atoms with Gasteiger partial charge in [-0.1, -0.05) is 12.1 Å². The molecule has 1 heterocycles. The number of hydrogen-bond acceptors (Lipinski definition) is 3. The summed E-state index contributed by atoms with van der Waals surface area (Å²) in [5, 5.41) is 16.3. The Labute approximate surface area is 120 Å². The molecule has 5 nitrogen and oxygen atoms in total. The van der Waals surface area contributed by atoms with E-state index in [1.165, 1.54) is 6.07 Å². The van der Waals surface area contributed by atoms with Crippen LogP contribution in [0.25, 0.3) is 0 Å². The molecule has 6 heteroatoms. The zero-order valence-electron chi connectivity index (χ0n) is 10.8. The highest BCUT2D eigenvalue weighted by Crippen LogP contribution is 2.15. The number of amides is 2. The summed E-state index contributed by atoms with van der Waals surface area (Å²) in [5.41, 5.74) is 1.29. The van der Waals surface area contributed by atoms with Gasteiger partial charge in [-0.15, -0.1) is 11.3 Å². The minimum absolute atomic E-state index is 0.182. The molecule has 3 N–H and O–H groups in total. The first-order valence-corrected chi connectivity index (χ1v) is 6.85. The summed E-state index contributed by atoms with van der Waals surface area (Å²) in [6, 6.07) is 8.27. The number of carbonyl (C=O) groups excluding carboxylic acids is 1. The number of rotatable bonds is 4. The molecular weight excluding hydrogens is 276 g/mol. The Balaban J connectivity index is 1.97. The van der Waals surface area contributed by atoms with Crippen molar-refractivity contribution in [3.8, 4) is 0 Å². The van der Waals surface area contributed by atoms with Gasteiger partial charge in [0.05, 0.1) is 12.1 Å². The lowest BCUT2D eigenvalue weighted by atomic mass is 10.1. The molecule has 1 aromatic heterocycles. The molecule has 2 rings (SSSR count). The summed E-state index contributed by atoms with van der Waals surface area (Å²) in [5.74, 6) is -1.01. The predicted molar refractivity (Wildman–Crippen MR) is 78.3 cm³/mol. The fourth-order valence-electron chi connectivity index (χ4n) is 1.69. The largest absolute Gasteiger partial charge is 0.478 e. The Hall–Kier alpha value is -2.34. The van der Waals surface area contributed by atoms with Crippen molar-refractivity contribution in [2.24, 2.45) is 0 Å². The maximum atomic E-state index is 11.7. The van der Waals surface area contributed by atoms with Gasteiger partial charge in [-0.3, -0.25) is 0 Å². The van der Waals surface area contributed by atoms with Gasteiger partial charge in [0.2, 0.25) is 0 Å². The Kier molecular flexibility index (Phi) is 4.37.